The highest BCUT2D eigenvalue weighted by Gasteiger charge is 1.96. The van der Waals surface area contributed by atoms with Gasteiger partial charge >= 0.3 is 0 Å². The first-order valence-electron chi connectivity index (χ1n) is 5.67. The van der Waals surface area contributed by atoms with Crippen LogP contribution in [0.25, 0.3) is 0 Å². The Balaban J connectivity index is 0.000000200. The number of hydrogen-bond acceptors (Lipinski definition) is 4. The lowest BCUT2D eigenvalue weighted by atomic mass is 10.2. The highest BCUT2D eigenvalue weighted by molar-refractivity contribution is 6.33. The van der Waals surface area contributed by atoms with Crippen LogP contribution in [0.15, 0.2) is 36.4 Å². The van der Waals surface area contributed by atoms with Crippen molar-refractivity contribution in [3.05, 3.63) is 57.6 Å². The fraction of sp³-hybridized carbons (Fsp3) is 0.0714. The third-order valence-corrected chi connectivity index (χ3v) is 3.08. The van der Waals surface area contributed by atoms with E-state index in [0.717, 1.165) is 5.56 Å². The Hall–Kier alpha value is -1.93. The molecule has 0 amide bonds. The van der Waals surface area contributed by atoms with Gasteiger partial charge in [0.1, 0.15) is 0 Å². The van der Waals surface area contributed by atoms with Crippen LogP contribution in [0.2, 0.25) is 10.0 Å². The molecule has 0 aliphatic rings. The number of hydrogen-bond donors (Lipinski definition) is 3. The molecule has 0 aliphatic carbocycles. The molecule has 2 aromatic rings. The minimum Gasteiger partial charge on any atom is -0.398 e. The Kier molecular flexibility index (Phi) is 6.13. The molecule has 0 spiro atoms. The number of nitrogens with zero attached hydrogens (tertiary/aromatic N) is 1. The molecule has 20 heavy (non-hydrogen) atoms. The molecule has 0 unspecified atom stereocenters. The molecular formula is C14H14Cl2N4. The number of nitrogens with two attached hydrogens (primary N) is 3. The second kappa shape index (κ2) is 7.61. The van der Waals surface area contributed by atoms with E-state index in [9.17, 15) is 0 Å². The summed E-state index contributed by atoms with van der Waals surface area (Å²) in [6.07, 6.45) is 0. The molecular weight excluding hydrogens is 295 g/mol. The molecule has 0 aliphatic heterocycles. The maximum Gasteiger partial charge on any atom is 0.0992 e. The molecule has 0 atom stereocenters. The molecule has 6 heteroatoms. The monoisotopic (exact) mass is 308 g/mol. The zero-order valence-electron chi connectivity index (χ0n) is 10.6. The third kappa shape index (κ3) is 4.63. The largest absolute Gasteiger partial charge is 0.398 e. The minimum atomic E-state index is 0.430. The summed E-state index contributed by atoms with van der Waals surface area (Å²) in [6, 6.07) is 12.1. The zero-order valence-corrected chi connectivity index (χ0v) is 12.1. The molecule has 0 bridgehead atoms. The van der Waals surface area contributed by atoms with Crippen molar-refractivity contribution < 1.29 is 0 Å². The van der Waals surface area contributed by atoms with E-state index in [4.69, 9.17) is 45.7 Å². The standard InChI is InChI=1S/C7H9ClN2.C7H5ClN2/c2*8-6-3-5(4-9)1-2-7(6)10/h1-3H,4,9-10H2;1-3H,10H2. The van der Waals surface area contributed by atoms with Gasteiger partial charge in [-0.05, 0) is 35.9 Å². The van der Waals surface area contributed by atoms with E-state index in [-0.39, 0.29) is 0 Å². The normalized spacial score (nSPS) is 9.30. The summed E-state index contributed by atoms with van der Waals surface area (Å²) in [4.78, 5) is 0. The number of anilines is 2. The fourth-order valence-electron chi connectivity index (χ4n) is 1.29. The second-order valence-electron chi connectivity index (χ2n) is 3.91. The Bertz CT molecular complexity index is 636. The van der Waals surface area contributed by atoms with Gasteiger partial charge in [0.25, 0.3) is 0 Å². The Morgan fingerprint density at radius 1 is 0.950 bits per heavy atom. The molecule has 0 fully saturated rings. The highest BCUT2D eigenvalue weighted by atomic mass is 35.5. The van der Waals surface area contributed by atoms with Crippen molar-refractivity contribution in [2.45, 2.75) is 6.54 Å². The molecule has 4 nitrogen and oxygen atoms in total. The van der Waals surface area contributed by atoms with Crippen molar-refractivity contribution in [3.8, 4) is 6.07 Å². The molecule has 0 aromatic heterocycles. The average molecular weight is 309 g/mol. The van der Waals surface area contributed by atoms with Crippen LogP contribution in [0, 0.1) is 11.3 Å². The molecule has 2 aromatic carbocycles. The maximum atomic E-state index is 8.40. The third-order valence-electron chi connectivity index (χ3n) is 2.43. The van der Waals surface area contributed by atoms with Gasteiger partial charge < -0.3 is 17.2 Å². The summed E-state index contributed by atoms with van der Waals surface area (Å²) in [5.74, 6) is 0. The number of nitriles is 1. The van der Waals surface area contributed by atoms with E-state index in [1.807, 2.05) is 12.1 Å². The highest BCUT2D eigenvalue weighted by Crippen LogP contribution is 2.19. The zero-order chi connectivity index (χ0) is 15.1. The second-order valence-corrected chi connectivity index (χ2v) is 4.72. The van der Waals surface area contributed by atoms with Gasteiger partial charge in [-0.1, -0.05) is 29.3 Å². The first-order chi connectivity index (χ1) is 9.47. The quantitative estimate of drug-likeness (QED) is 0.704. The van der Waals surface area contributed by atoms with E-state index in [1.165, 1.54) is 6.07 Å². The Morgan fingerprint density at radius 2 is 1.50 bits per heavy atom. The number of nitrogen functional groups attached to an aromatic ring is 2. The first-order valence-corrected chi connectivity index (χ1v) is 6.42. The molecule has 6 N–H and O–H groups in total. The average Bonchev–Trinajstić information content (AvgIpc) is 2.45. The van der Waals surface area contributed by atoms with E-state index in [2.05, 4.69) is 0 Å². The lowest BCUT2D eigenvalue weighted by molar-refractivity contribution is 1.07. The van der Waals surface area contributed by atoms with Crippen molar-refractivity contribution in [2.75, 3.05) is 11.5 Å². The minimum absolute atomic E-state index is 0.430. The van der Waals surface area contributed by atoms with Gasteiger partial charge in [0.05, 0.1) is 33.1 Å². The molecule has 0 saturated carbocycles. The maximum absolute atomic E-state index is 8.40. The molecule has 0 radical (unpaired) electrons. The predicted octanol–water partition coefficient (Wildman–Crippen LogP) is 3.17. The lowest BCUT2D eigenvalue weighted by Crippen LogP contribution is -1.96. The fourth-order valence-corrected chi connectivity index (χ4v) is 1.68. The van der Waals surface area contributed by atoms with Crippen LogP contribution >= 0.6 is 23.2 Å². The van der Waals surface area contributed by atoms with Gasteiger partial charge in [0, 0.05) is 6.54 Å². The van der Waals surface area contributed by atoms with E-state index in [0.29, 0.717) is 33.5 Å². The first kappa shape index (κ1) is 16.1. The van der Waals surface area contributed by atoms with E-state index >= 15 is 0 Å². The number of benzene rings is 2. The molecule has 104 valence electrons. The lowest BCUT2D eigenvalue weighted by Gasteiger charge is -1.99. The summed E-state index contributed by atoms with van der Waals surface area (Å²) in [7, 11) is 0. The van der Waals surface area contributed by atoms with Gasteiger partial charge in [0.15, 0.2) is 0 Å². The van der Waals surface area contributed by atoms with E-state index in [1.54, 1.807) is 24.3 Å². The van der Waals surface area contributed by atoms with Crippen molar-refractivity contribution >= 4 is 34.6 Å². The SMILES string of the molecule is N#Cc1ccc(N)c(Cl)c1.NCc1ccc(N)c(Cl)c1. The van der Waals surface area contributed by atoms with Crippen LogP contribution in [0.3, 0.4) is 0 Å². The Labute approximate surface area is 127 Å². The topological polar surface area (TPSA) is 102 Å². The van der Waals surface area contributed by atoms with Crippen LogP contribution in [0.1, 0.15) is 11.1 Å². The van der Waals surface area contributed by atoms with Gasteiger partial charge in [-0.25, -0.2) is 0 Å². The van der Waals surface area contributed by atoms with Crippen molar-refractivity contribution in [3.63, 3.8) is 0 Å². The smallest absolute Gasteiger partial charge is 0.0992 e. The van der Waals surface area contributed by atoms with Crippen LogP contribution < -0.4 is 17.2 Å². The van der Waals surface area contributed by atoms with Crippen LogP contribution in [-0.4, -0.2) is 0 Å². The molecule has 0 saturated heterocycles. The van der Waals surface area contributed by atoms with Crippen molar-refractivity contribution in [1.82, 2.24) is 0 Å². The van der Waals surface area contributed by atoms with Gasteiger partial charge in [0.2, 0.25) is 0 Å². The summed E-state index contributed by atoms with van der Waals surface area (Å²) in [6.45, 7) is 0.500. The summed E-state index contributed by atoms with van der Waals surface area (Å²) < 4.78 is 0. The van der Waals surface area contributed by atoms with Crippen molar-refractivity contribution in [1.29, 1.82) is 5.26 Å². The summed E-state index contributed by atoms with van der Waals surface area (Å²) in [5.41, 5.74) is 18.9. The number of halogens is 2. The van der Waals surface area contributed by atoms with Crippen LogP contribution in [0.4, 0.5) is 11.4 Å². The summed E-state index contributed by atoms with van der Waals surface area (Å²) in [5, 5.41) is 9.41. The van der Waals surface area contributed by atoms with Gasteiger partial charge in [-0.2, -0.15) is 5.26 Å². The molecule has 2 rings (SSSR count). The molecule has 0 heterocycles. The van der Waals surface area contributed by atoms with E-state index < -0.39 is 0 Å². The van der Waals surface area contributed by atoms with Crippen molar-refractivity contribution in [2.24, 2.45) is 5.73 Å². The number of rotatable bonds is 1. The van der Waals surface area contributed by atoms with Crippen LogP contribution in [0.5, 0.6) is 0 Å². The summed E-state index contributed by atoms with van der Waals surface area (Å²) >= 11 is 11.3. The van der Waals surface area contributed by atoms with Gasteiger partial charge in [-0.15, -0.1) is 0 Å². The van der Waals surface area contributed by atoms with Crippen LogP contribution in [-0.2, 0) is 6.54 Å². The van der Waals surface area contributed by atoms with Gasteiger partial charge in [-0.3, -0.25) is 0 Å². The predicted molar refractivity (Wildman–Crippen MR) is 84.3 cm³/mol. The Morgan fingerprint density at radius 3 is 1.95 bits per heavy atom.